The van der Waals surface area contributed by atoms with Crippen molar-refractivity contribution in [2.75, 3.05) is 24.7 Å². The van der Waals surface area contributed by atoms with Crippen LogP contribution in [0.4, 0.5) is 4.79 Å². The SMILES string of the molecule is O=C1N[C@@]2(CCOc3ccccc32)C(=O)N1CC(=O)N(C1CC1)[C@H]1CCS(=O)(=O)C1. The molecule has 1 aromatic carbocycles. The van der Waals surface area contributed by atoms with E-state index in [0.717, 1.165) is 17.7 Å². The van der Waals surface area contributed by atoms with Gasteiger partial charge in [-0.25, -0.2) is 13.2 Å². The smallest absolute Gasteiger partial charge is 0.325 e. The molecule has 30 heavy (non-hydrogen) atoms. The number of urea groups is 1. The van der Waals surface area contributed by atoms with Crippen LogP contribution in [0.3, 0.4) is 0 Å². The van der Waals surface area contributed by atoms with Crippen molar-refractivity contribution >= 4 is 27.7 Å². The van der Waals surface area contributed by atoms with Gasteiger partial charge in [0.2, 0.25) is 5.91 Å². The number of rotatable bonds is 4. The monoisotopic (exact) mass is 433 g/mol. The molecule has 0 aromatic heterocycles. The van der Waals surface area contributed by atoms with Gasteiger partial charge in [0.1, 0.15) is 12.3 Å². The third kappa shape index (κ3) is 3.05. The summed E-state index contributed by atoms with van der Waals surface area (Å²) in [6, 6.07) is 6.07. The molecule has 9 nitrogen and oxygen atoms in total. The Morgan fingerprint density at radius 1 is 1.20 bits per heavy atom. The molecular formula is C20H23N3O6S. The van der Waals surface area contributed by atoms with Crippen LogP contribution < -0.4 is 10.1 Å². The summed E-state index contributed by atoms with van der Waals surface area (Å²) in [5.74, 6) is -0.283. The number of hydrogen-bond acceptors (Lipinski definition) is 6. The molecule has 160 valence electrons. The van der Waals surface area contributed by atoms with Crippen molar-refractivity contribution < 1.29 is 27.5 Å². The van der Waals surface area contributed by atoms with E-state index in [9.17, 15) is 22.8 Å². The van der Waals surface area contributed by atoms with E-state index in [0.29, 0.717) is 17.7 Å². The van der Waals surface area contributed by atoms with Gasteiger partial charge in [-0.3, -0.25) is 14.5 Å². The van der Waals surface area contributed by atoms with Gasteiger partial charge in [0, 0.05) is 24.1 Å². The summed E-state index contributed by atoms with van der Waals surface area (Å²) in [6.45, 7) is -0.110. The Morgan fingerprint density at radius 3 is 2.67 bits per heavy atom. The zero-order valence-corrected chi connectivity index (χ0v) is 17.2. The molecule has 4 aliphatic rings. The number of fused-ring (bicyclic) bond motifs is 2. The van der Waals surface area contributed by atoms with Crippen LogP contribution in [0.1, 0.15) is 31.2 Å². The van der Waals surface area contributed by atoms with Crippen LogP contribution in [-0.4, -0.2) is 72.8 Å². The molecule has 1 saturated carbocycles. The van der Waals surface area contributed by atoms with Crippen LogP contribution in [0.2, 0.25) is 0 Å². The van der Waals surface area contributed by atoms with Crippen LogP contribution in [0.15, 0.2) is 24.3 Å². The molecule has 0 unspecified atom stereocenters. The molecule has 3 aliphatic heterocycles. The Bertz CT molecular complexity index is 1040. The summed E-state index contributed by atoms with van der Waals surface area (Å²) >= 11 is 0. The van der Waals surface area contributed by atoms with Crippen molar-refractivity contribution in [3.63, 3.8) is 0 Å². The molecule has 1 N–H and O–H groups in total. The fourth-order valence-corrected chi connectivity index (χ4v) is 6.50. The summed E-state index contributed by atoms with van der Waals surface area (Å²) in [5, 5.41) is 2.79. The maximum atomic E-state index is 13.3. The van der Waals surface area contributed by atoms with Crippen LogP contribution in [-0.2, 0) is 25.0 Å². The minimum Gasteiger partial charge on any atom is -0.493 e. The van der Waals surface area contributed by atoms with Crippen LogP contribution in [0, 0.1) is 0 Å². The van der Waals surface area contributed by atoms with E-state index in [4.69, 9.17) is 4.74 Å². The number of carbonyl (C=O) groups is 3. The summed E-state index contributed by atoms with van der Waals surface area (Å²) < 4.78 is 29.4. The number of para-hydroxylation sites is 1. The Kier molecular flexibility index (Phi) is 4.32. The van der Waals surface area contributed by atoms with Gasteiger partial charge in [-0.05, 0) is 25.3 Å². The molecule has 0 bridgehead atoms. The topological polar surface area (TPSA) is 113 Å². The maximum absolute atomic E-state index is 13.3. The first-order chi connectivity index (χ1) is 14.3. The van der Waals surface area contributed by atoms with Crippen molar-refractivity contribution in [1.29, 1.82) is 0 Å². The zero-order chi connectivity index (χ0) is 21.1. The van der Waals surface area contributed by atoms with Crippen LogP contribution >= 0.6 is 0 Å². The number of amides is 4. The fraction of sp³-hybridized carbons (Fsp3) is 0.550. The number of sulfone groups is 1. The summed E-state index contributed by atoms with van der Waals surface area (Å²) in [4.78, 5) is 41.8. The van der Waals surface area contributed by atoms with Gasteiger partial charge < -0.3 is 15.0 Å². The third-order valence-corrected chi connectivity index (χ3v) is 8.13. The number of nitrogens with zero attached hydrogens (tertiary/aromatic N) is 2. The molecule has 1 aliphatic carbocycles. The highest BCUT2D eigenvalue weighted by Crippen LogP contribution is 2.41. The molecule has 4 amide bonds. The molecular weight excluding hydrogens is 410 g/mol. The minimum atomic E-state index is -3.15. The molecule has 10 heteroatoms. The Hall–Kier alpha value is -2.62. The second kappa shape index (κ2) is 6.69. The van der Waals surface area contributed by atoms with Crippen molar-refractivity contribution in [1.82, 2.24) is 15.1 Å². The van der Waals surface area contributed by atoms with Crippen molar-refractivity contribution in [2.45, 2.75) is 43.3 Å². The first kappa shape index (κ1) is 19.3. The van der Waals surface area contributed by atoms with Gasteiger partial charge in [-0.2, -0.15) is 0 Å². The number of benzene rings is 1. The van der Waals surface area contributed by atoms with E-state index in [2.05, 4.69) is 5.32 Å². The molecule has 1 aromatic rings. The van der Waals surface area contributed by atoms with Gasteiger partial charge >= 0.3 is 6.03 Å². The zero-order valence-electron chi connectivity index (χ0n) is 16.4. The molecule has 3 heterocycles. The lowest BCUT2D eigenvalue weighted by Gasteiger charge is -2.33. The van der Waals surface area contributed by atoms with Crippen molar-refractivity contribution in [3.05, 3.63) is 29.8 Å². The highest BCUT2D eigenvalue weighted by molar-refractivity contribution is 7.91. The van der Waals surface area contributed by atoms with Gasteiger partial charge in [0.15, 0.2) is 15.4 Å². The van der Waals surface area contributed by atoms with Gasteiger partial charge in [-0.1, -0.05) is 18.2 Å². The second-order valence-corrected chi connectivity index (χ2v) is 10.6. The number of hydrogen-bond donors (Lipinski definition) is 1. The normalized spacial score (nSPS) is 29.5. The molecule has 0 radical (unpaired) electrons. The standard InChI is InChI=1S/C20H23N3O6S/c24-17(23(13-5-6-13)14-7-10-30(27,28)12-14)11-22-18(25)20(21-19(22)26)8-9-29-16-4-2-1-3-15(16)20/h1-4,13-14H,5-12H2,(H,21,26)/t14-,20+/m0/s1. The molecule has 5 rings (SSSR count). The van der Waals surface area contributed by atoms with Gasteiger partial charge in [0.05, 0.1) is 18.1 Å². The maximum Gasteiger partial charge on any atom is 0.325 e. The first-order valence-electron chi connectivity index (χ1n) is 10.2. The lowest BCUT2D eigenvalue weighted by atomic mass is 9.84. The first-order valence-corrected chi connectivity index (χ1v) is 12.0. The molecule has 1 spiro atoms. The number of nitrogens with one attached hydrogen (secondary N) is 1. The largest absolute Gasteiger partial charge is 0.493 e. The highest BCUT2D eigenvalue weighted by atomic mass is 32.2. The Morgan fingerprint density at radius 2 is 1.97 bits per heavy atom. The summed E-state index contributed by atoms with van der Waals surface area (Å²) in [7, 11) is -3.15. The average molecular weight is 433 g/mol. The quantitative estimate of drug-likeness (QED) is 0.688. The van der Waals surface area contributed by atoms with Gasteiger partial charge in [-0.15, -0.1) is 0 Å². The van der Waals surface area contributed by atoms with E-state index in [-0.39, 0.29) is 49.1 Å². The van der Waals surface area contributed by atoms with E-state index >= 15 is 0 Å². The van der Waals surface area contributed by atoms with Crippen molar-refractivity contribution in [3.8, 4) is 5.75 Å². The van der Waals surface area contributed by atoms with Crippen LogP contribution in [0.25, 0.3) is 0 Å². The van der Waals surface area contributed by atoms with Crippen molar-refractivity contribution in [2.24, 2.45) is 0 Å². The Labute approximate surface area is 174 Å². The predicted octanol–water partition coefficient (Wildman–Crippen LogP) is 0.394. The summed E-state index contributed by atoms with van der Waals surface area (Å²) in [5.41, 5.74) is -0.640. The number of imide groups is 1. The van der Waals surface area contributed by atoms with E-state index in [1.54, 1.807) is 29.2 Å². The number of carbonyl (C=O) groups excluding carboxylic acids is 3. The lowest BCUT2D eigenvalue weighted by Crippen LogP contribution is -2.50. The van der Waals surface area contributed by atoms with Gasteiger partial charge in [0.25, 0.3) is 5.91 Å². The van der Waals surface area contributed by atoms with Crippen LogP contribution in [0.5, 0.6) is 5.75 Å². The molecule has 2 atom stereocenters. The lowest BCUT2D eigenvalue weighted by molar-refractivity contribution is -0.141. The molecule has 3 fully saturated rings. The van der Waals surface area contributed by atoms with E-state index in [1.165, 1.54) is 0 Å². The second-order valence-electron chi connectivity index (χ2n) is 8.41. The summed E-state index contributed by atoms with van der Waals surface area (Å²) in [6.07, 6.45) is 2.32. The Balaban J connectivity index is 1.39. The minimum absolute atomic E-state index is 0.00525. The third-order valence-electron chi connectivity index (χ3n) is 6.38. The molecule has 2 saturated heterocycles. The van der Waals surface area contributed by atoms with E-state index < -0.39 is 27.3 Å². The highest BCUT2D eigenvalue weighted by Gasteiger charge is 2.55. The number of ether oxygens (including phenoxy) is 1. The fourth-order valence-electron chi connectivity index (χ4n) is 4.79. The van der Waals surface area contributed by atoms with E-state index in [1.807, 2.05) is 0 Å². The predicted molar refractivity (Wildman–Crippen MR) is 105 cm³/mol. The average Bonchev–Trinajstić information content (AvgIpc) is 3.43.